The highest BCUT2D eigenvalue weighted by molar-refractivity contribution is 7.09. The highest BCUT2D eigenvalue weighted by Gasteiger charge is 2.08. The van der Waals surface area contributed by atoms with Gasteiger partial charge in [-0.2, -0.15) is 0 Å². The minimum atomic E-state index is 0.513. The molecular weight excluding hydrogens is 256 g/mol. The van der Waals surface area contributed by atoms with Gasteiger partial charge in [0.1, 0.15) is 17.3 Å². The molecule has 90 valence electrons. The fraction of sp³-hybridized carbons (Fsp3) is 0.364. The van der Waals surface area contributed by atoms with Crippen LogP contribution in [-0.4, -0.2) is 15.0 Å². The van der Waals surface area contributed by atoms with E-state index in [1.54, 1.807) is 11.3 Å². The second-order valence-electron chi connectivity index (χ2n) is 3.56. The third-order valence-corrected chi connectivity index (χ3v) is 3.50. The minimum absolute atomic E-state index is 0.513. The monoisotopic (exact) mass is 268 g/mol. The molecule has 1 N–H and O–H groups in total. The number of thiazole rings is 1. The maximum absolute atomic E-state index is 6.01. The van der Waals surface area contributed by atoms with Crippen LogP contribution in [0.4, 0.5) is 5.82 Å². The number of hydrogen-bond donors (Lipinski definition) is 1. The maximum Gasteiger partial charge on any atom is 0.137 e. The van der Waals surface area contributed by atoms with Gasteiger partial charge in [0.15, 0.2) is 0 Å². The van der Waals surface area contributed by atoms with Crippen molar-refractivity contribution in [1.82, 2.24) is 15.0 Å². The number of nitrogens with zero attached hydrogens (tertiary/aromatic N) is 3. The van der Waals surface area contributed by atoms with E-state index in [2.05, 4.69) is 20.3 Å². The van der Waals surface area contributed by atoms with Gasteiger partial charge in [0.2, 0.25) is 0 Å². The fourth-order valence-corrected chi connectivity index (χ4v) is 2.40. The van der Waals surface area contributed by atoms with Gasteiger partial charge in [-0.3, -0.25) is 0 Å². The molecule has 0 fully saturated rings. The Balaban J connectivity index is 2.11. The number of halogens is 1. The van der Waals surface area contributed by atoms with Crippen molar-refractivity contribution in [2.24, 2.45) is 0 Å². The van der Waals surface area contributed by atoms with E-state index in [-0.39, 0.29) is 0 Å². The lowest BCUT2D eigenvalue weighted by Gasteiger charge is -2.09. The molecule has 2 heterocycles. The van der Waals surface area contributed by atoms with E-state index >= 15 is 0 Å². The second kappa shape index (κ2) is 5.42. The van der Waals surface area contributed by atoms with Crippen molar-refractivity contribution in [2.75, 3.05) is 5.32 Å². The first-order valence-electron chi connectivity index (χ1n) is 5.35. The maximum atomic E-state index is 6.01. The fourth-order valence-electron chi connectivity index (χ4n) is 1.52. The summed E-state index contributed by atoms with van der Waals surface area (Å²) in [5.74, 6) is 0.790. The van der Waals surface area contributed by atoms with Gasteiger partial charge in [-0.25, -0.2) is 15.0 Å². The second-order valence-corrected chi connectivity index (χ2v) is 4.98. The van der Waals surface area contributed by atoms with Crippen LogP contribution in [-0.2, 0) is 13.0 Å². The van der Waals surface area contributed by atoms with Gasteiger partial charge < -0.3 is 5.32 Å². The van der Waals surface area contributed by atoms with Crippen LogP contribution >= 0.6 is 22.9 Å². The predicted octanol–water partition coefficient (Wildman–Crippen LogP) is 3.07. The van der Waals surface area contributed by atoms with Crippen molar-refractivity contribution >= 4 is 28.8 Å². The number of nitrogens with one attached hydrogen (secondary N) is 1. The molecule has 0 spiro atoms. The van der Waals surface area contributed by atoms with E-state index in [1.165, 1.54) is 6.33 Å². The van der Waals surface area contributed by atoms with Crippen LogP contribution in [0.15, 0.2) is 11.7 Å². The van der Waals surface area contributed by atoms with E-state index in [0.29, 0.717) is 11.7 Å². The van der Waals surface area contributed by atoms with E-state index in [0.717, 1.165) is 28.5 Å². The van der Waals surface area contributed by atoms with Crippen molar-refractivity contribution in [3.8, 4) is 0 Å². The Kier molecular flexibility index (Phi) is 3.91. The first-order valence-corrected chi connectivity index (χ1v) is 6.60. The van der Waals surface area contributed by atoms with Crippen LogP contribution in [0.25, 0.3) is 0 Å². The number of rotatable bonds is 4. The summed E-state index contributed by atoms with van der Waals surface area (Å²) < 4.78 is 0. The minimum Gasteiger partial charge on any atom is -0.364 e. The average Bonchev–Trinajstić information content (AvgIpc) is 2.72. The summed E-state index contributed by atoms with van der Waals surface area (Å²) in [5, 5.41) is 6.86. The molecule has 0 atom stereocenters. The van der Waals surface area contributed by atoms with E-state index in [1.807, 2.05) is 19.2 Å². The van der Waals surface area contributed by atoms with Crippen molar-refractivity contribution in [3.05, 3.63) is 33.1 Å². The number of aryl methyl sites for hydroxylation is 1. The summed E-state index contributed by atoms with van der Waals surface area (Å²) in [4.78, 5) is 12.6. The number of anilines is 1. The van der Waals surface area contributed by atoms with Gasteiger partial charge >= 0.3 is 0 Å². The molecule has 0 amide bonds. The Hall–Kier alpha value is -1.20. The normalized spacial score (nSPS) is 10.5. The molecule has 0 saturated carbocycles. The summed E-state index contributed by atoms with van der Waals surface area (Å²) >= 11 is 7.65. The number of hydrogen-bond acceptors (Lipinski definition) is 5. The molecular formula is C11H13ClN4S. The van der Waals surface area contributed by atoms with Crippen molar-refractivity contribution < 1.29 is 0 Å². The Bertz CT molecular complexity index is 512. The third kappa shape index (κ3) is 2.92. The summed E-state index contributed by atoms with van der Waals surface area (Å²) in [6, 6.07) is 0. The first-order chi connectivity index (χ1) is 8.20. The van der Waals surface area contributed by atoms with Gasteiger partial charge in [0.05, 0.1) is 17.2 Å². The molecule has 17 heavy (non-hydrogen) atoms. The zero-order valence-corrected chi connectivity index (χ0v) is 11.3. The lowest BCUT2D eigenvalue weighted by Crippen LogP contribution is -2.05. The van der Waals surface area contributed by atoms with E-state index < -0.39 is 0 Å². The zero-order valence-electron chi connectivity index (χ0n) is 9.70. The van der Waals surface area contributed by atoms with Gasteiger partial charge in [0, 0.05) is 10.9 Å². The molecule has 0 aliphatic rings. The van der Waals surface area contributed by atoms with Crippen LogP contribution in [0.3, 0.4) is 0 Å². The van der Waals surface area contributed by atoms with Gasteiger partial charge in [0.25, 0.3) is 0 Å². The number of aromatic nitrogens is 3. The average molecular weight is 269 g/mol. The Morgan fingerprint density at radius 1 is 1.41 bits per heavy atom. The Labute approximate surface area is 109 Å². The first kappa shape index (κ1) is 12.3. The predicted molar refractivity (Wildman–Crippen MR) is 70.6 cm³/mol. The van der Waals surface area contributed by atoms with Crippen LogP contribution in [0, 0.1) is 6.92 Å². The van der Waals surface area contributed by atoms with Crippen molar-refractivity contribution in [3.63, 3.8) is 0 Å². The molecule has 2 rings (SSSR count). The zero-order chi connectivity index (χ0) is 12.3. The van der Waals surface area contributed by atoms with Gasteiger partial charge in [-0.1, -0.05) is 18.5 Å². The van der Waals surface area contributed by atoms with Crippen molar-refractivity contribution in [1.29, 1.82) is 0 Å². The lowest BCUT2D eigenvalue weighted by atomic mass is 10.2. The molecule has 0 unspecified atom stereocenters. The summed E-state index contributed by atoms with van der Waals surface area (Å²) in [6.45, 7) is 4.68. The molecule has 4 nitrogen and oxygen atoms in total. The van der Waals surface area contributed by atoms with Crippen LogP contribution in [0.2, 0.25) is 5.15 Å². The highest BCUT2D eigenvalue weighted by Crippen LogP contribution is 2.20. The molecule has 2 aromatic heterocycles. The molecule has 0 saturated heterocycles. The summed E-state index contributed by atoms with van der Waals surface area (Å²) in [6.07, 6.45) is 2.27. The van der Waals surface area contributed by atoms with Crippen LogP contribution in [0.5, 0.6) is 0 Å². The van der Waals surface area contributed by atoms with E-state index in [4.69, 9.17) is 11.6 Å². The van der Waals surface area contributed by atoms with Gasteiger partial charge in [-0.05, 0) is 13.3 Å². The van der Waals surface area contributed by atoms with Crippen LogP contribution in [0.1, 0.15) is 23.2 Å². The molecule has 2 aromatic rings. The van der Waals surface area contributed by atoms with E-state index in [9.17, 15) is 0 Å². The highest BCUT2D eigenvalue weighted by atomic mass is 35.5. The third-order valence-electron chi connectivity index (χ3n) is 2.35. The summed E-state index contributed by atoms with van der Waals surface area (Å²) in [5.41, 5.74) is 1.96. The van der Waals surface area contributed by atoms with Crippen molar-refractivity contribution in [2.45, 2.75) is 26.8 Å². The molecule has 0 radical (unpaired) electrons. The largest absolute Gasteiger partial charge is 0.364 e. The smallest absolute Gasteiger partial charge is 0.137 e. The SMILES string of the molecule is CCc1c(Cl)ncnc1NCc1csc(C)n1. The molecule has 0 bridgehead atoms. The molecule has 0 aliphatic carbocycles. The standard InChI is InChI=1S/C11H13ClN4S/c1-3-9-10(12)14-6-15-11(9)13-4-8-5-17-7(2)16-8/h5-6H,3-4H2,1-2H3,(H,13,14,15). The molecule has 6 heteroatoms. The van der Waals surface area contributed by atoms with Gasteiger partial charge in [-0.15, -0.1) is 11.3 Å². The Morgan fingerprint density at radius 3 is 2.88 bits per heavy atom. The quantitative estimate of drug-likeness (QED) is 0.866. The summed E-state index contributed by atoms with van der Waals surface area (Å²) in [7, 11) is 0. The van der Waals surface area contributed by atoms with Crippen LogP contribution < -0.4 is 5.32 Å². The topological polar surface area (TPSA) is 50.7 Å². The lowest BCUT2D eigenvalue weighted by molar-refractivity contribution is 0.989. The molecule has 0 aromatic carbocycles. The Morgan fingerprint density at radius 2 is 2.24 bits per heavy atom. The molecule has 0 aliphatic heterocycles.